The van der Waals surface area contributed by atoms with Gasteiger partial charge in [0.15, 0.2) is 0 Å². The van der Waals surface area contributed by atoms with E-state index in [1.807, 2.05) is 36.5 Å². The molecule has 1 aliphatic carbocycles. The summed E-state index contributed by atoms with van der Waals surface area (Å²) in [6.07, 6.45) is 14.7. The second kappa shape index (κ2) is 5.86. The topological polar surface area (TPSA) is 32.3 Å². The Morgan fingerprint density at radius 1 is 1.36 bits per heavy atom. The van der Waals surface area contributed by atoms with Crippen LogP contribution in [0.5, 0.6) is 0 Å². The van der Waals surface area contributed by atoms with Gasteiger partial charge in [-0.05, 0) is 18.3 Å². The first-order valence-electron chi connectivity index (χ1n) is 4.56. The maximum atomic E-state index is 10.9. The number of ether oxygens (including phenoxy) is 1. The molecule has 0 unspecified atom stereocenters. The second-order valence-corrected chi connectivity index (χ2v) is 2.69. The largest absolute Gasteiger partial charge is 0.614 e. The first-order valence-corrected chi connectivity index (χ1v) is 4.56. The molecule has 0 atom stereocenters. The lowest BCUT2D eigenvalue weighted by Gasteiger charge is -2.10. The highest BCUT2D eigenvalue weighted by Crippen LogP contribution is 2.06. The third-order valence-electron chi connectivity index (χ3n) is 1.61. The summed E-state index contributed by atoms with van der Waals surface area (Å²) in [6.45, 7) is 2.20. The van der Waals surface area contributed by atoms with Gasteiger partial charge < -0.3 is 9.84 Å². The zero-order chi connectivity index (χ0) is 10.2. The first-order chi connectivity index (χ1) is 6.83. The van der Waals surface area contributed by atoms with Crippen LogP contribution >= 0.6 is 0 Å². The summed E-state index contributed by atoms with van der Waals surface area (Å²) >= 11 is 0. The average Bonchev–Trinajstić information content (AvgIpc) is 2.65. The maximum Gasteiger partial charge on any atom is 0.0512 e. The van der Waals surface area contributed by atoms with Crippen molar-refractivity contribution >= 4 is 0 Å². The Labute approximate surface area is 84.2 Å². The van der Waals surface area contributed by atoms with Gasteiger partial charge in [0.25, 0.3) is 0 Å². The van der Waals surface area contributed by atoms with E-state index in [1.54, 1.807) is 13.0 Å². The molecule has 2 nitrogen and oxygen atoms in total. The van der Waals surface area contributed by atoms with Crippen molar-refractivity contribution in [2.24, 2.45) is 0 Å². The van der Waals surface area contributed by atoms with E-state index in [1.165, 1.54) is 6.08 Å². The number of hydrogen-bond donors (Lipinski definition) is 0. The first kappa shape index (κ1) is 10.4. The third-order valence-corrected chi connectivity index (χ3v) is 1.61. The summed E-state index contributed by atoms with van der Waals surface area (Å²) < 4.78 is 4.72. The number of hydrogen-bond acceptors (Lipinski definition) is 2. The fraction of sp³-hybridized carbons (Fsp3) is 0.167. The van der Waals surface area contributed by atoms with Gasteiger partial charge in [-0.2, -0.15) is 0 Å². The Morgan fingerprint density at radius 3 is 2.71 bits per heavy atom. The normalized spacial score (nSPS) is 15.5. The van der Waals surface area contributed by atoms with Crippen LogP contribution in [-0.2, 0) is 4.74 Å². The predicted molar refractivity (Wildman–Crippen MR) is 55.2 cm³/mol. The van der Waals surface area contributed by atoms with Gasteiger partial charge in [-0.3, -0.25) is 0 Å². The summed E-state index contributed by atoms with van der Waals surface area (Å²) in [5.41, 5.74) is 1.12. The Bertz CT molecular complexity index is 303. The molecule has 0 spiro atoms. The van der Waals surface area contributed by atoms with E-state index in [4.69, 9.17) is 4.74 Å². The molecule has 74 valence electrons. The zero-order valence-corrected chi connectivity index (χ0v) is 8.14. The van der Waals surface area contributed by atoms with Crippen molar-refractivity contribution in [2.75, 3.05) is 6.61 Å². The minimum absolute atomic E-state index is 0.306. The van der Waals surface area contributed by atoms with E-state index < -0.39 is 0 Å². The molecule has 14 heavy (non-hydrogen) atoms. The molecule has 0 aromatic rings. The van der Waals surface area contributed by atoms with Crippen LogP contribution in [0.15, 0.2) is 60.1 Å². The van der Waals surface area contributed by atoms with Crippen LogP contribution in [0.25, 0.3) is 0 Å². The molecule has 1 rings (SSSR count). The van der Waals surface area contributed by atoms with Crippen molar-refractivity contribution < 1.29 is 9.84 Å². The molecular formula is C12H13O2-. The number of allylic oxidation sites excluding steroid dienone is 9. The molecular weight excluding hydrogens is 176 g/mol. The number of rotatable bonds is 4. The van der Waals surface area contributed by atoms with Gasteiger partial charge >= 0.3 is 0 Å². The van der Waals surface area contributed by atoms with Crippen molar-refractivity contribution in [3.05, 3.63) is 60.1 Å². The molecule has 0 fully saturated rings. The SMILES string of the molecule is CCO/C([O-])=C/C=C/C=C1C=CC=C1. The van der Waals surface area contributed by atoms with E-state index in [2.05, 4.69) is 0 Å². The lowest BCUT2D eigenvalue weighted by atomic mass is 10.2. The van der Waals surface area contributed by atoms with Crippen LogP contribution in [0.4, 0.5) is 0 Å². The Morgan fingerprint density at radius 2 is 2.07 bits per heavy atom. The minimum atomic E-state index is -0.306. The fourth-order valence-corrected chi connectivity index (χ4v) is 0.991. The van der Waals surface area contributed by atoms with Crippen LogP contribution in [-0.4, -0.2) is 6.61 Å². The maximum absolute atomic E-state index is 10.9. The van der Waals surface area contributed by atoms with Crippen LogP contribution in [0.1, 0.15) is 6.92 Å². The molecule has 2 heteroatoms. The van der Waals surface area contributed by atoms with Gasteiger partial charge in [0, 0.05) is 0 Å². The van der Waals surface area contributed by atoms with Crippen molar-refractivity contribution in [3.63, 3.8) is 0 Å². The molecule has 0 aliphatic heterocycles. The van der Waals surface area contributed by atoms with Gasteiger partial charge in [0.05, 0.1) is 5.95 Å². The van der Waals surface area contributed by atoms with E-state index in [0.717, 1.165) is 5.57 Å². The predicted octanol–water partition coefficient (Wildman–Crippen LogP) is 1.83. The molecule has 0 aromatic carbocycles. The van der Waals surface area contributed by atoms with E-state index in [-0.39, 0.29) is 5.95 Å². The molecule has 0 N–H and O–H groups in total. The van der Waals surface area contributed by atoms with Crippen molar-refractivity contribution in [1.82, 2.24) is 0 Å². The monoisotopic (exact) mass is 189 g/mol. The molecule has 0 amide bonds. The second-order valence-electron chi connectivity index (χ2n) is 2.69. The Hall–Kier alpha value is -1.70. The highest BCUT2D eigenvalue weighted by atomic mass is 16.6. The van der Waals surface area contributed by atoms with E-state index >= 15 is 0 Å². The van der Waals surface area contributed by atoms with Crippen molar-refractivity contribution in [2.45, 2.75) is 6.92 Å². The van der Waals surface area contributed by atoms with E-state index in [9.17, 15) is 5.11 Å². The molecule has 0 saturated heterocycles. The molecule has 0 bridgehead atoms. The Balaban J connectivity index is 2.41. The van der Waals surface area contributed by atoms with Gasteiger partial charge in [-0.15, -0.1) is 0 Å². The lowest BCUT2D eigenvalue weighted by Crippen LogP contribution is -2.06. The van der Waals surface area contributed by atoms with Gasteiger partial charge in [0.2, 0.25) is 0 Å². The van der Waals surface area contributed by atoms with Gasteiger partial charge in [-0.25, -0.2) is 0 Å². The molecule has 0 saturated carbocycles. The smallest absolute Gasteiger partial charge is 0.0512 e. The summed E-state index contributed by atoms with van der Waals surface area (Å²) in [6, 6.07) is 0. The zero-order valence-electron chi connectivity index (χ0n) is 8.14. The molecule has 0 heterocycles. The van der Waals surface area contributed by atoms with Crippen LogP contribution in [0.3, 0.4) is 0 Å². The minimum Gasteiger partial charge on any atom is -0.614 e. The summed E-state index contributed by atoms with van der Waals surface area (Å²) in [4.78, 5) is 0. The Kier molecular flexibility index (Phi) is 4.35. The average molecular weight is 189 g/mol. The van der Waals surface area contributed by atoms with Crippen LogP contribution in [0.2, 0.25) is 0 Å². The third kappa shape index (κ3) is 3.81. The molecule has 1 aliphatic rings. The fourth-order valence-electron chi connectivity index (χ4n) is 0.991. The van der Waals surface area contributed by atoms with Gasteiger partial charge in [0.1, 0.15) is 0 Å². The lowest BCUT2D eigenvalue weighted by molar-refractivity contribution is -0.356. The summed E-state index contributed by atoms with van der Waals surface area (Å²) in [5, 5.41) is 10.9. The molecule has 0 radical (unpaired) electrons. The van der Waals surface area contributed by atoms with Crippen LogP contribution in [0, 0.1) is 0 Å². The molecule has 0 aromatic heterocycles. The summed E-state index contributed by atoms with van der Waals surface area (Å²) in [5.74, 6) is -0.306. The highest BCUT2D eigenvalue weighted by molar-refractivity contribution is 5.42. The van der Waals surface area contributed by atoms with Crippen LogP contribution < -0.4 is 5.11 Å². The standard InChI is InChI=1S/C12H14O2/c1-2-14-12(13)10-6-5-9-11-7-3-4-8-11/h3-10,13H,2H2,1H3/p-1/b6-5+,12-10+. The quantitative estimate of drug-likeness (QED) is 0.499. The van der Waals surface area contributed by atoms with E-state index in [0.29, 0.717) is 6.61 Å². The van der Waals surface area contributed by atoms with Crippen molar-refractivity contribution in [3.8, 4) is 0 Å². The highest BCUT2D eigenvalue weighted by Gasteiger charge is 1.86. The van der Waals surface area contributed by atoms with Gasteiger partial charge in [-0.1, -0.05) is 49.5 Å². The van der Waals surface area contributed by atoms with Crippen molar-refractivity contribution in [1.29, 1.82) is 0 Å². The summed E-state index contributed by atoms with van der Waals surface area (Å²) in [7, 11) is 0.